The third-order valence-electron chi connectivity index (χ3n) is 6.86. The lowest BCUT2D eigenvalue weighted by atomic mass is 9.67. The standard InChI is InChI=1S/C27H30N5O2/c1-26(2,3)27(33)15-13-19(14-16-27)32-25-22(24(28)29-17-30-25)23(31-32)18-9-11-21(12-10-18)34-20-7-5-4-6-8-20/h4-12,15,17,19,33H,13-14,16H2,1-3H3,(H2,28,29,30). The quantitative estimate of drug-likeness (QED) is 0.416. The van der Waals surface area contributed by atoms with Crippen LogP contribution in [0, 0.1) is 11.8 Å². The van der Waals surface area contributed by atoms with E-state index in [2.05, 4.69) is 30.7 Å². The summed E-state index contributed by atoms with van der Waals surface area (Å²) in [6.45, 7) is 6.22. The first-order valence-electron chi connectivity index (χ1n) is 11.6. The molecule has 2 aromatic carbocycles. The minimum atomic E-state index is -0.794. The zero-order chi connectivity index (χ0) is 23.9. The van der Waals surface area contributed by atoms with E-state index in [1.54, 1.807) is 0 Å². The van der Waals surface area contributed by atoms with Crippen molar-refractivity contribution in [1.82, 2.24) is 19.7 Å². The highest BCUT2D eigenvalue weighted by Crippen LogP contribution is 2.45. The summed E-state index contributed by atoms with van der Waals surface area (Å²) in [5.74, 6) is 1.93. The van der Waals surface area contributed by atoms with Gasteiger partial charge in [0.15, 0.2) is 5.65 Å². The topological polar surface area (TPSA) is 99.1 Å². The Morgan fingerprint density at radius 1 is 1.03 bits per heavy atom. The van der Waals surface area contributed by atoms with Gasteiger partial charge >= 0.3 is 0 Å². The lowest BCUT2D eigenvalue weighted by Gasteiger charge is -2.44. The van der Waals surface area contributed by atoms with Crippen molar-refractivity contribution in [2.24, 2.45) is 5.41 Å². The number of rotatable bonds is 4. The lowest BCUT2D eigenvalue weighted by molar-refractivity contribution is -0.0546. The zero-order valence-corrected chi connectivity index (χ0v) is 19.8. The Balaban J connectivity index is 1.46. The van der Waals surface area contributed by atoms with Gasteiger partial charge in [-0.1, -0.05) is 39.0 Å². The monoisotopic (exact) mass is 456 g/mol. The van der Waals surface area contributed by atoms with Crippen LogP contribution >= 0.6 is 0 Å². The molecule has 1 saturated carbocycles. The Labute approximate surface area is 199 Å². The Hall–Kier alpha value is -3.45. The fraction of sp³-hybridized carbons (Fsp3) is 0.333. The molecule has 1 aliphatic carbocycles. The van der Waals surface area contributed by atoms with Crippen LogP contribution in [0.4, 0.5) is 5.82 Å². The van der Waals surface area contributed by atoms with E-state index in [1.807, 2.05) is 65.7 Å². The number of anilines is 1. The minimum absolute atomic E-state index is 0.0915. The van der Waals surface area contributed by atoms with E-state index in [1.165, 1.54) is 6.33 Å². The van der Waals surface area contributed by atoms with E-state index in [9.17, 15) is 5.11 Å². The van der Waals surface area contributed by atoms with Crippen LogP contribution in [0.2, 0.25) is 0 Å². The first-order chi connectivity index (χ1) is 16.2. The fourth-order valence-corrected chi connectivity index (χ4v) is 4.60. The van der Waals surface area contributed by atoms with Gasteiger partial charge in [-0.2, -0.15) is 5.10 Å². The molecule has 7 heteroatoms. The van der Waals surface area contributed by atoms with Crippen LogP contribution in [0.5, 0.6) is 11.5 Å². The maximum absolute atomic E-state index is 11.1. The van der Waals surface area contributed by atoms with Gasteiger partial charge < -0.3 is 15.6 Å². The molecular formula is C27H30N5O2. The molecule has 175 valence electrons. The maximum Gasteiger partial charge on any atom is 0.164 e. The zero-order valence-electron chi connectivity index (χ0n) is 19.8. The lowest BCUT2D eigenvalue weighted by Crippen LogP contribution is -2.46. The highest BCUT2D eigenvalue weighted by Gasteiger charge is 2.43. The molecule has 1 fully saturated rings. The molecule has 2 unspecified atom stereocenters. The summed E-state index contributed by atoms with van der Waals surface area (Å²) in [4.78, 5) is 8.75. The van der Waals surface area contributed by atoms with Crippen LogP contribution in [0.1, 0.15) is 46.1 Å². The largest absolute Gasteiger partial charge is 0.457 e. The summed E-state index contributed by atoms with van der Waals surface area (Å²) in [6.07, 6.45) is 5.69. The molecule has 2 atom stereocenters. The van der Waals surface area contributed by atoms with Gasteiger partial charge in [-0.05, 0) is 67.5 Å². The van der Waals surface area contributed by atoms with Crippen LogP contribution in [-0.2, 0) is 0 Å². The first kappa shape index (κ1) is 22.3. The smallest absolute Gasteiger partial charge is 0.164 e. The number of benzene rings is 2. The number of aliphatic hydroxyl groups is 1. The molecular weight excluding hydrogens is 426 g/mol. The molecule has 1 radical (unpaired) electrons. The number of nitrogens with two attached hydrogens (primary N) is 1. The molecule has 7 nitrogen and oxygen atoms in total. The van der Waals surface area contributed by atoms with Crippen molar-refractivity contribution in [3.8, 4) is 22.8 Å². The van der Waals surface area contributed by atoms with E-state index >= 15 is 0 Å². The van der Waals surface area contributed by atoms with Crippen LogP contribution in [-0.4, -0.2) is 30.5 Å². The predicted molar refractivity (Wildman–Crippen MR) is 133 cm³/mol. The number of ether oxygens (including phenoxy) is 1. The summed E-state index contributed by atoms with van der Waals surface area (Å²) in [7, 11) is 0. The van der Waals surface area contributed by atoms with Gasteiger partial charge in [0.05, 0.1) is 17.0 Å². The van der Waals surface area contributed by atoms with Gasteiger partial charge in [0, 0.05) is 5.56 Å². The number of fused-ring (bicyclic) bond motifs is 1. The minimum Gasteiger partial charge on any atom is -0.457 e. The third-order valence-corrected chi connectivity index (χ3v) is 6.86. The number of hydrogen-bond acceptors (Lipinski definition) is 6. The van der Waals surface area contributed by atoms with Crippen LogP contribution in [0.3, 0.4) is 0 Å². The highest BCUT2D eigenvalue weighted by atomic mass is 16.5. The number of para-hydroxylation sites is 1. The normalized spacial score (nSPS) is 21.0. The average molecular weight is 457 g/mol. The number of hydrogen-bond donors (Lipinski definition) is 2. The van der Waals surface area contributed by atoms with Gasteiger partial charge in [-0.15, -0.1) is 0 Å². The fourth-order valence-electron chi connectivity index (χ4n) is 4.60. The molecule has 1 aliphatic rings. The summed E-state index contributed by atoms with van der Waals surface area (Å²) < 4.78 is 7.88. The van der Waals surface area contributed by atoms with E-state index in [0.29, 0.717) is 24.3 Å². The molecule has 4 aromatic rings. The average Bonchev–Trinajstić information content (AvgIpc) is 3.21. The van der Waals surface area contributed by atoms with E-state index in [-0.39, 0.29) is 11.5 Å². The molecule has 34 heavy (non-hydrogen) atoms. The summed E-state index contributed by atoms with van der Waals surface area (Å²) in [5.41, 5.74) is 7.66. The van der Waals surface area contributed by atoms with E-state index in [0.717, 1.165) is 34.6 Å². The number of aromatic nitrogens is 4. The predicted octanol–water partition coefficient (Wildman–Crippen LogP) is 5.57. The summed E-state index contributed by atoms with van der Waals surface area (Å²) >= 11 is 0. The Bertz CT molecular complexity index is 1280. The number of nitrogen functional groups attached to an aromatic ring is 1. The van der Waals surface area contributed by atoms with E-state index in [4.69, 9.17) is 15.6 Å². The molecule has 0 saturated heterocycles. The van der Waals surface area contributed by atoms with Crippen molar-refractivity contribution in [2.45, 2.75) is 51.7 Å². The van der Waals surface area contributed by atoms with Crippen molar-refractivity contribution in [1.29, 1.82) is 0 Å². The van der Waals surface area contributed by atoms with Crippen LogP contribution in [0.15, 0.2) is 60.9 Å². The van der Waals surface area contributed by atoms with Crippen molar-refractivity contribution < 1.29 is 9.84 Å². The molecule has 0 spiro atoms. The molecule has 2 heterocycles. The Kier molecular flexibility index (Phi) is 5.52. The Morgan fingerprint density at radius 3 is 2.38 bits per heavy atom. The van der Waals surface area contributed by atoms with Gasteiger partial charge in [0.1, 0.15) is 29.3 Å². The Morgan fingerprint density at radius 2 is 1.74 bits per heavy atom. The van der Waals surface area contributed by atoms with Crippen LogP contribution < -0.4 is 10.5 Å². The molecule has 0 aliphatic heterocycles. The molecule has 2 aromatic heterocycles. The molecule has 3 N–H and O–H groups in total. The van der Waals surface area contributed by atoms with Crippen molar-refractivity contribution in [3.63, 3.8) is 0 Å². The molecule has 0 bridgehead atoms. The first-order valence-corrected chi connectivity index (χ1v) is 11.6. The maximum atomic E-state index is 11.1. The van der Waals surface area contributed by atoms with E-state index < -0.39 is 5.60 Å². The SMILES string of the molecule is CC(C)(C)C1(O)[CH]CC(n2nc(-c3ccc(Oc4ccccc4)cc3)c3c(N)ncnc32)CC1. The van der Waals surface area contributed by atoms with Gasteiger partial charge in [-0.25, -0.2) is 14.6 Å². The van der Waals surface area contributed by atoms with Gasteiger partial charge in [0.2, 0.25) is 0 Å². The number of nitrogens with zero attached hydrogens (tertiary/aromatic N) is 4. The third kappa shape index (κ3) is 4.01. The molecule has 5 rings (SSSR count). The van der Waals surface area contributed by atoms with Crippen molar-refractivity contribution in [2.75, 3.05) is 5.73 Å². The van der Waals surface area contributed by atoms with Crippen molar-refractivity contribution in [3.05, 3.63) is 67.3 Å². The van der Waals surface area contributed by atoms with Gasteiger partial charge in [0.25, 0.3) is 0 Å². The summed E-state index contributed by atoms with van der Waals surface area (Å²) in [6, 6.07) is 17.6. The second-order valence-electron chi connectivity index (χ2n) is 10.00. The summed E-state index contributed by atoms with van der Waals surface area (Å²) in [5, 5.41) is 16.8. The molecule has 0 amide bonds. The highest BCUT2D eigenvalue weighted by molar-refractivity contribution is 5.98. The van der Waals surface area contributed by atoms with Crippen LogP contribution in [0.25, 0.3) is 22.3 Å². The second-order valence-corrected chi connectivity index (χ2v) is 10.00. The van der Waals surface area contributed by atoms with Gasteiger partial charge in [-0.3, -0.25) is 0 Å². The second kappa shape index (κ2) is 8.40. The van der Waals surface area contributed by atoms with Crippen molar-refractivity contribution >= 4 is 16.9 Å².